The van der Waals surface area contributed by atoms with E-state index in [-0.39, 0.29) is 0 Å². The zero-order valence-corrected chi connectivity index (χ0v) is 10.8. The number of hydrogen-bond acceptors (Lipinski definition) is 5. The zero-order valence-electron chi connectivity index (χ0n) is 10.8. The lowest BCUT2D eigenvalue weighted by Gasteiger charge is -2.27. The second-order valence-electron chi connectivity index (χ2n) is 4.80. The SMILES string of the molecule is CCc1noc(CN(C)CC2CCCCN2)n1. The molecule has 5 nitrogen and oxygen atoms in total. The molecule has 1 aliphatic rings. The number of rotatable bonds is 5. The normalized spacial score (nSPS) is 21.0. The Balaban J connectivity index is 1.77. The molecule has 0 aromatic carbocycles. The van der Waals surface area contributed by atoms with E-state index in [1.54, 1.807) is 0 Å². The smallest absolute Gasteiger partial charge is 0.240 e. The van der Waals surface area contributed by atoms with Crippen LogP contribution in [0.15, 0.2) is 4.52 Å². The first kappa shape index (κ1) is 12.5. The van der Waals surface area contributed by atoms with E-state index >= 15 is 0 Å². The maximum absolute atomic E-state index is 5.19. The van der Waals surface area contributed by atoms with Gasteiger partial charge >= 0.3 is 0 Å². The minimum atomic E-state index is 0.613. The molecule has 2 rings (SSSR count). The van der Waals surface area contributed by atoms with E-state index in [4.69, 9.17) is 4.52 Å². The maximum atomic E-state index is 5.19. The summed E-state index contributed by atoms with van der Waals surface area (Å²) in [4.78, 5) is 6.57. The lowest BCUT2D eigenvalue weighted by molar-refractivity contribution is 0.227. The predicted molar refractivity (Wildman–Crippen MR) is 65.7 cm³/mol. The molecule has 5 heteroatoms. The van der Waals surface area contributed by atoms with Crippen molar-refractivity contribution in [3.63, 3.8) is 0 Å². The average molecular weight is 238 g/mol. The van der Waals surface area contributed by atoms with Gasteiger partial charge in [-0.15, -0.1) is 0 Å². The van der Waals surface area contributed by atoms with Crippen molar-refractivity contribution in [1.29, 1.82) is 0 Å². The van der Waals surface area contributed by atoms with Gasteiger partial charge in [0.05, 0.1) is 6.54 Å². The summed E-state index contributed by atoms with van der Waals surface area (Å²) in [5.41, 5.74) is 0. The summed E-state index contributed by atoms with van der Waals surface area (Å²) in [6.45, 7) is 4.97. The second kappa shape index (κ2) is 6.12. The van der Waals surface area contributed by atoms with Crippen molar-refractivity contribution in [3.05, 3.63) is 11.7 Å². The standard InChI is InChI=1S/C12H22N4O/c1-3-11-14-12(17-15-11)9-16(2)8-10-6-4-5-7-13-10/h10,13H,3-9H2,1-2H3. The summed E-state index contributed by atoms with van der Waals surface area (Å²) in [6, 6.07) is 0.613. The summed E-state index contributed by atoms with van der Waals surface area (Å²) >= 11 is 0. The van der Waals surface area contributed by atoms with Gasteiger partial charge < -0.3 is 9.84 Å². The molecule has 0 saturated carbocycles. The monoisotopic (exact) mass is 238 g/mol. The number of nitrogens with zero attached hydrogens (tertiary/aromatic N) is 3. The summed E-state index contributed by atoms with van der Waals surface area (Å²) in [7, 11) is 2.10. The molecule has 17 heavy (non-hydrogen) atoms. The average Bonchev–Trinajstić information content (AvgIpc) is 2.78. The van der Waals surface area contributed by atoms with Gasteiger partial charge in [0.1, 0.15) is 0 Å². The molecular weight excluding hydrogens is 216 g/mol. The Bertz CT molecular complexity index is 333. The number of likely N-dealkylation sites (N-methyl/N-ethyl adjacent to an activating group) is 1. The van der Waals surface area contributed by atoms with Gasteiger partial charge in [-0.05, 0) is 26.4 Å². The minimum absolute atomic E-state index is 0.613. The Morgan fingerprint density at radius 1 is 1.47 bits per heavy atom. The van der Waals surface area contributed by atoms with Gasteiger partial charge in [-0.1, -0.05) is 18.5 Å². The number of aryl methyl sites for hydroxylation is 1. The Morgan fingerprint density at radius 2 is 2.35 bits per heavy atom. The fourth-order valence-electron chi connectivity index (χ4n) is 2.25. The van der Waals surface area contributed by atoms with E-state index < -0.39 is 0 Å². The lowest BCUT2D eigenvalue weighted by atomic mass is 10.0. The molecule has 1 saturated heterocycles. The van der Waals surface area contributed by atoms with Crippen LogP contribution in [0.2, 0.25) is 0 Å². The van der Waals surface area contributed by atoms with Crippen LogP contribution in [0.25, 0.3) is 0 Å². The fraction of sp³-hybridized carbons (Fsp3) is 0.833. The van der Waals surface area contributed by atoms with Crippen molar-refractivity contribution in [1.82, 2.24) is 20.4 Å². The molecule has 0 radical (unpaired) electrons. The summed E-state index contributed by atoms with van der Waals surface area (Å²) in [6.07, 6.45) is 4.75. The molecule has 0 amide bonds. The van der Waals surface area contributed by atoms with Gasteiger partial charge in [0.2, 0.25) is 5.89 Å². The Morgan fingerprint density at radius 3 is 3.00 bits per heavy atom. The molecule has 1 N–H and O–H groups in total. The van der Waals surface area contributed by atoms with Crippen LogP contribution < -0.4 is 5.32 Å². The molecule has 0 spiro atoms. The summed E-state index contributed by atoms with van der Waals surface area (Å²) in [5.74, 6) is 1.52. The highest BCUT2D eigenvalue weighted by Crippen LogP contribution is 2.09. The Kier molecular flexibility index (Phi) is 4.50. The van der Waals surface area contributed by atoms with Crippen molar-refractivity contribution in [3.8, 4) is 0 Å². The van der Waals surface area contributed by atoms with Gasteiger partial charge in [-0.2, -0.15) is 4.98 Å². The molecule has 1 aromatic rings. The third kappa shape index (κ3) is 3.78. The molecule has 0 aliphatic carbocycles. The van der Waals surface area contributed by atoms with Gasteiger partial charge in [-0.25, -0.2) is 0 Å². The van der Waals surface area contributed by atoms with E-state index in [1.807, 2.05) is 6.92 Å². The van der Waals surface area contributed by atoms with Crippen LogP contribution in [-0.4, -0.2) is 41.2 Å². The van der Waals surface area contributed by atoms with Crippen LogP contribution in [-0.2, 0) is 13.0 Å². The van der Waals surface area contributed by atoms with Crippen LogP contribution in [0, 0.1) is 0 Å². The van der Waals surface area contributed by atoms with Gasteiger partial charge in [0.15, 0.2) is 5.82 Å². The molecule has 1 fully saturated rings. The first-order valence-corrected chi connectivity index (χ1v) is 6.51. The summed E-state index contributed by atoms with van der Waals surface area (Å²) < 4.78 is 5.19. The molecule has 1 unspecified atom stereocenters. The van der Waals surface area contributed by atoms with Crippen LogP contribution in [0.5, 0.6) is 0 Å². The molecular formula is C12H22N4O. The quantitative estimate of drug-likeness (QED) is 0.835. The van der Waals surface area contributed by atoms with E-state index in [0.717, 1.165) is 37.8 Å². The third-order valence-electron chi connectivity index (χ3n) is 3.18. The topological polar surface area (TPSA) is 54.2 Å². The van der Waals surface area contributed by atoms with Crippen LogP contribution in [0.4, 0.5) is 0 Å². The first-order valence-electron chi connectivity index (χ1n) is 6.51. The highest BCUT2D eigenvalue weighted by molar-refractivity contribution is 4.86. The van der Waals surface area contributed by atoms with Crippen LogP contribution in [0.3, 0.4) is 0 Å². The second-order valence-corrected chi connectivity index (χ2v) is 4.80. The molecule has 1 aromatic heterocycles. The Labute approximate surface area is 103 Å². The minimum Gasteiger partial charge on any atom is -0.338 e. The maximum Gasteiger partial charge on any atom is 0.240 e. The third-order valence-corrected chi connectivity index (χ3v) is 3.18. The van der Waals surface area contributed by atoms with Crippen molar-refractivity contribution in [2.24, 2.45) is 0 Å². The highest BCUT2D eigenvalue weighted by Gasteiger charge is 2.16. The van der Waals surface area contributed by atoms with Gasteiger partial charge in [0.25, 0.3) is 0 Å². The molecule has 96 valence electrons. The number of hydrogen-bond donors (Lipinski definition) is 1. The van der Waals surface area contributed by atoms with Gasteiger partial charge in [-0.3, -0.25) is 4.90 Å². The largest absolute Gasteiger partial charge is 0.338 e. The first-order chi connectivity index (χ1) is 8.28. The van der Waals surface area contributed by atoms with Crippen LogP contribution in [0.1, 0.15) is 37.9 Å². The predicted octanol–water partition coefficient (Wildman–Crippen LogP) is 1.21. The zero-order chi connectivity index (χ0) is 12.1. The number of piperidine rings is 1. The highest BCUT2D eigenvalue weighted by atomic mass is 16.5. The molecule has 2 heterocycles. The Hall–Kier alpha value is -0.940. The van der Waals surface area contributed by atoms with E-state index in [9.17, 15) is 0 Å². The number of nitrogens with one attached hydrogen (secondary N) is 1. The fourth-order valence-corrected chi connectivity index (χ4v) is 2.25. The van der Waals surface area contributed by atoms with E-state index in [2.05, 4.69) is 27.4 Å². The molecule has 0 bridgehead atoms. The van der Waals surface area contributed by atoms with Crippen molar-refractivity contribution >= 4 is 0 Å². The van der Waals surface area contributed by atoms with Crippen molar-refractivity contribution in [2.45, 2.75) is 45.2 Å². The number of aromatic nitrogens is 2. The van der Waals surface area contributed by atoms with E-state index in [0.29, 0.717) is 6.04 Å². The van der Waals surface area contributed by atoms with Crippen LogP contribution >= 0.6 is 0 Å². The summed E-state index contributed by atoms with van der Waals surface area (Å²) in [5, 5.41) is 7.45. The van der Waals surface area contributed by atoms with Crippen molar-refractivity contribution < 1.29 is 4.52 Å². The molecule has 1 atom stereocenters. The lowest BCUT2D eigenvalue weighted by Crippen LogP contribution is -2.42. The molecule has 1 aliphatic heterocycles. The van der Waals surface area contributed by atoms with E-state index in [1.165, 1.54) is 19.3 Å². The van der Waals surface area contributed by atoms with Gasteiger partial charge in [0, 0.05) is 19.0 Å². The van der Waals surface area contributed by atoms with Crippen molar-refractivity contribution in [2.75, 3.05) is 20.1 Å².